The summed E-state index contributed by atoms with van der Waals surface area (Å²) in [6, 6.07) is 17.2. The van der Waals surface area contributed by atoms with Crippen LogP contribution < -0.4 is 0 Å². The van der Waals surface area contributed by atoms with E-state index in [9.17, 15) is 8.78 Å². The monoisotopic (exact) mass is 432 g/mol. The highest BCUT2D eigenvalue weighted by molar-refractivity contribution is 8.03. The maximum Gasteiger partial charge on any atom is 0.150 e. The zero-order chi connectivity index (χ0) is 21.3. The van der Waals surface area contributed by atoms with Crippen molar-refractivity contribution in [2.45, 2.75) is 4.90 Å². The second-order valence-corrected chi connectivity index (χ2v) is 7.14. The quantitative estimate of drug-likeness (QED) is 0.132. The van der Waals surface area contributed by atoms with E-state index in [0.29, 0.717) is 16.0 Å². The van der Waals surface area contributed by atoms with Crippen LogP contribution in [0.5, 0.6) is 0 Å². The second-order valence-electron chi connectivity index (χ2n) is 6.13. The van der Waals surface area contributed by atoms with Crippen LogP contribution in [0.2, 0.25) is 0 Å². The molecule has 0 heterocycles. The summed E-state index contributed by atoms with van der Waals surface area (Å²) in [6.45, 7) is 0. The molecule has 0 amide bonds. The maximum absolute atomic E-state index is 13.9. The number of nitrogens with zero attached hydrogens (tertiary/aromatic N) is 2. The Morgan fingerprint density at radius 2 is 1.27 bits per heavy atom. The molecule has 3 aromatic carbocycles. The molecular formula is C24H14F2N2S2. The number of thiocyanates is 1. The second kappa shape index (κ2) is 10.4. The highest BCUT2D eigenvalue weighted by atomic mass is 32.2. The van der Waals surface area contributed by atoms with E-state index in [-0.39, 0.29) is 5.69 Å². The molecule has 0 aliphatic heterocycles. The van der Waals surface area contributed by atoms with Crippen LogP contribution in [0.4, 0.5) is 14.5 Å². The van der Waals surface area contributed by atoms with Gasteiger partial charge in [-0.2, -0.15) is 10.3 Å². The van der Waals surface area contributed by atoms with Gasteiger partial charge in [-0.3, -0.25) is 0 Å². The Labute approximate surface area is 182 Å². The molecule has 0 N–H and O–H groups in total. The first-order valence-electron chi connectivity index (χ1n) is 8.78. The molecule has 0 saturated heterocycles. The van der Waals surface area contributed by atoms with Gasteiger partial charge >= 0.3 is 0 Å². The van der Waals surface area contributed by atoms with E-state index in [1.54, 1.807) is 24.3 Å². The smallest absolute Gasteiger partial charge is 0.150 e. The number of hydrogen-bond donors (Lipinski definition) is 0. The number of halogens is 2. The molecule has 0 aliphatic rings. The van der Waals surface area contributed by atoms with Gasteiger partial charge in [-0.25, -0.2) is 8.78 Å². The molecule has 3 aromatic rings. The number of aliphatic imine (C=N–C) groups is 1. The van der Waals surface area contributed by atoms with E-state index < -0.39 is 11.6 Å². The van der Waals surface area contributed by atoms with Crippen LogP contribution in [-0.2, 0) is 0 Å². The average Bonchev–Trinajstić information content (AvgIpc) is 2.75. The molecule has 0 radical (unpaired) electrons. The van der Waals surface area contributed by atoms with Crippen molar-refractivity contribution in [3.8, 4) is 5.40 Å². The summed E-state index contributed by atoms with van der Waals surface area (Å²) in [6.07, 6.45) is 7.37. The fourth-order valence-electron chi connectivity index (χ4n) is 2.62. The first-order chi connectivity index (χ1) is 14.6. The van der Waals surface area contributed by atoms with Gasteiger partial charge in [-0.05, 0) is 70.5 Å². The molecule has 0 atom stereocenters. The SMILES string of the molecule is N#CSc1ccc(C=Cc2ccc(C=Cc3ccc(N=C=S)c(F)c3)cc2)cc1F. The summed E-state index contributed by atoms with van der Waals surface area (Å²) in [5.74, 6) is -0.867. The molecule has 0 aromatic heterocycles. The molecule has 2 nitrogen and oxygen atoms in total. The molecule has 30 heavy (non-hydrogen) atoms. The summed E-state index contributed by atoms with van der Waals surface area (Å²) in [7, 11) is 0. The first-order valence-corrected chi connectivity index (χ1v) is 10.0. The predicted octanol–water partition coefficient (Wildman–Crippen LogP) is 7.61. The van der Waals surface area contributed by atoms with Crippen LogP contribution in [0.3, 0.4) is 0 Å². The van der Waals surface area contributed by atoms with Gasteiger partial charge in [0.2, 0.25) is 0 Å². The predicted molar refractivity (Wildman–Crippen MR) is 123 cm³/mol. The summed E-state index contributed by atoms with van der Waals surface area (Å²) in [5, 5.41) is 12.6. The summed E-state index contributed by atoms with van der Waals surface area (Å²) in [4.78, 5) is 3.97. The van der Waals surface area contributed by atoms with E-state index in [2.05, 4.69) is 22.4 Å². The minimum absolute atomic E-state index is 0.164. The van der Waals surface area contributed by atoms with Gasteiger partial charge in [0.1, 0.15) is 22.7 Å². The van der Waals surface area contributed by atoms with Crippen molar-refractivity contribution in [3.05, 3.63) is 94.6 Å². The lowest BCUT2D eigenvalue weighted by molar-refractivity contribution is 0.602. The number of nitriles is 1. The topological polar surface area (TPSA) is 36.1 Å². The molecule has 0 bridgehead atoms. The molecule has 6 heteroatoms. The summed E-state index contributed by atoms with van der Waals surface area (Å²) in [5.41, 5.74) is 3.49. The normalized spacial score (nSPS) is 10.8. The highest BCUT2D eigenvalue weighted by Crippen LogP contribution is 2.23. The zero-order valence-electron chi connectivity index (χ0n) is 15.5. The van der Waals surface area contributed by atoms with Gasteiger partial charge < -0.3 is 0 Å². The Kier molecular flexibility index (Phi) is 7.42. The number of benzene rings is 3. The van der Waals surface area contributed by atoms with Crippen LogP contribution in [-0.4, -0.2) is 5.16 Å². The minimum atomic E-state index is -0.453. The molecule has 0 fully saturated rings. The Hall–Kier alpha value is -3.36. The molecule has 3 rings (SSSR count). The lowest BCUT2D eigenvalue weighted by atomic mass is 10.1. The van der Waals surface area contributed by atoms with Crippen LogP contribution >= 0.6 is 24.0 Å². The van der Waals surface area contributed by atoms with E-state index in [1.807, 2.05) is 54.0 Å². The molecule has 0 spiro atoms. The van der Waals surface area contributed by atoms with Crippen LogP contribution in [0.1, 0.15) is 22.3 Å². The van der Waals surface area contributed by atoms with Gasteiger partial charge in [-0.15, -0.1) is 0 Å². The van der Waals surface area contributed by atoms with Gasteiger partial charge in [0.25, 0.3) is 0 Å². The molecule has 0 aliphatic carbocycles. The molecule has 0 saturated carbocycles. The summed E-state index contributed by atoms with van der Waals surface area (Å²) >= 11 is 5.29. The third-order valence-corrected chi connectivity index (χ3v) is 4.86. The standard InChI is InChI=1S/C24H14F2N2S2/c25-21-13-19(9-11-23(21)28-16-29)7-5-17-1-3-18(4-2-17)6-8-20-10-12-24(30-15-27)22(26)14-20/h1-14H. The first kappa shape index (κ1) is 21.4. The van der Waals surface area contributed by atoms with E-state index in [0.717, 1.165) is 22.9 Å². The summed E-state index contributed by atoms with van der Waals surface area (Å²) < 4.78 is 27.7. The van der Waals surface area contributed by atoms with Crippen molar-refractivity contribution in [2.75, 3.05) is 0 Å². The number of thioether (sulfide) groups is 1. The molecular weight excluding hydrogens is 418 g/mol. The largest absolute Gasteiger partial charge is 0.206 e. The van der Waals surface area contributed by atoms with Crippen LogP contribution in [0, 0.1) is 22.3 Å². The minimum Gasteiger partial charge on any atom is -0.206 e. The highest BCUT2D eigenvalue weighted by Gasteiger charge is 2.03. The lowest BCUT2D eigenvalue weighted by Gasteiger charge is -2.00. The molecule has 146 valence electrons. The van der Waals surface area contributed by atoms with Crippen LogP contribution in [0.15, 0.2) is 70.6 Å². The third-order valence-electron chi connectivity index (χ3n) is 4.12. The number of isothiocyanates is 1. The van der Waals surface area contributed by atoms with Gasteiger partial charge in [0.05, 0.1) is 10.1 Å². The molecule has 0 unspecified atom stereocenters. The lowest BCUT2D eigenvalue weighted by Crippen LogP contribution is -1.82. The van der Waals surface area contributed by atoms with Crippen molar-refractivity contribution >= 4 is 59.1 Å². The van der Waals surface area contributed by atoms with Crippen LogP contribution in [0.25, 0.3) is 24.3 Å². The van der Waals surface area contributed by atoms with Crippen molar-refractivity contribution in [3.63, 3.8) is 0 Å². The zero-order valence-corrected chi connectivity index (χ0v) is 17.2. The Bertz CT molecular complexity index is 1200. The van der Waals surface area contributed by atoms with Crippen molar-refractivity contribution < 1.29 is 8.78 Å². The van der Waals surface area contributed by atoms with Gasteiger partial charge in [0.15, 0.2) is 0 Å². The van der Waals surface area contributed by atoms with E-state index in [4.69, 9.17) is 5.26 Å². The van der Waals surface area contributed by atoms with Crippen molar-refractivity contribution in [2.24, 2.45) is 4.99 Å². The van der Waals surface area contributed by atoms with E-state index in [1.165, 1.54) is 12.1 Å². The Morgan fingerprint density at radius 1 is 0.767 bits per heavy atom. The average molecular weight is 433 g/mol. The maximum atomic E-state index is 13.9. The fraction of sp³-hybridized carbons (Fsp3) is 0. The number of hydrogen-bond acceptors (Lipinski definition) is 4. The number of rotatable bonds is 6. The fourth-order valence-corrected chi connectivity index (χ4v) is 3.11. The van der Waals surface area contributed by atoms with E-state index >= 15 is 0 Å². The van der Waals surface area contributed by atoms with Crippen molar-refractivity contribution in [1.82, 2.24) is 0 Å². The van der Waals surface area contributed by atoms with Crippen molar-refractivity contribution in [1.29, 1.82) is 5.26 Å². The van der Waals surface area contributed by atoms with Gasteiger partial charge in [0, 0.05) is 0 Å². The number of thiocarbonyl (C=S) groups is 1. The third kappa shape index (κ3) is 5.82. The van der Waals surface area contributed by atoms with Gasteiger partial charge in [-0.1, -0.05) is 60.7 Å². The Morgan fingerprint density at radius 3 is 1.77 bits per heavy atom. The Balaban J connectivity index is 1.68.